The maximum absolute atomic E-state index is 13.1. The lowest BCUT2D eigenvalue weighted by molar-refractivity contribution is 0.445. The van der Waals surface area contributed by atoms with E-state index in [1.54, 1.807) is 0 Å². The first-order valence-electron chi connectivity index (χ1n) is 6.49. The van der Waals surface area contributed by atoms with Crippen LogP contribution in [-0.4, -0.2) is 0 Å². The van der Waals surface area contributed by atoms with Crippen LogP contribution in [-0.2, 0) is 6.54 Å². The number of hydrogen-bond donors (Lipinski definition) is 1. The highest BCUT2D eigenvalue weighted by Crippen LogP contribution is 2.20. The van der Waals surface area contributed by atoms with Gasteiger partial charge < -0.3 is 5.32 Å². The molecule has 0 amide bonds. The van der Waals surface area contributed by atoms with Crippen LogP contribution in [0.4, 0.5) is 18.9 Å². The van der Waals surface area contributed by atoms with E-state index in [0.29, 0.717) is 5.56 Å². The molecule has 106 valence electrons. The molecule has 1 nitrogen and oxygen atoms in total. The number of halogens is 3. The van der Waals surface area contributed by atoms with Gasteiger partial charge in [0.25, 0.3) is 0 Å². The second-order valence-electron chi connectivity index (χ2n) is 4.79. The standard InChI is InChI=1S/C17H12F3N/c18-15-7-11(8-16(19)17(15)20)10-21-14-6-5-12-3-1-2-4-13(12)9-14/h1-9,21H,10H2. The van der Waals surface area contributed by atoms with Gasteiger partial charge in [0.1, 0.15) is 0 Å². The van der Waals surface area contributed by atoms with Crippen molar-refractivity contribution in [1.82, 2.24) is 0 Å². The third kappa shape index (κ3) is 2.84. The van der Waals surface area contributed by atoms with Crippen LogP contribution >= 0.6 is 0 Å². The molecule has 0 saturated heterocycles. The van der Waals surface area contributed by atoms with Crippen LogP contribution in [0.5, 0.6) is 0 Å². The van der Waals surface area contributed by atoms with Gasteiger partial charge in [-0.15, -0.1) is 0 Å². The second-order valence-corrected chi connectivity index (χ2v) is 4.79. The van der Waals surface area contributed by atoms with Crippen LogP contribution in [0.15, 0.2) is 54.6 Å². The normalized spacial score (nSPS) is 10.8. The summed E-state index contributed by atoms with van der Waals surface area (Å²) in [5.74, 6) is -3.79. The molecule has 1 N–H and O–H groups in total. The fourth-order valence-electron chi connectivity index (χ4n) is 2.21. The molecule has 3 aromatic rings. The Kier molecular flexibility index (Phi) is 3.52. The van der Waals surface area contributed by atoms with Crippen molar-refractivity contribution < 1.29 is 13.2 Å². The summed E-state index contributed by atoms with van der Waals surface area (Å²) in [5.41, 5.74) is 1.18. The first kappa shape index (κ1) is 13.5. The van der Waals surface area contributed by atoms with Gasteiger partial charge in [0, 0.05) is 12.2 Å². The first-order valence-corrected chi connectivity index (χ1v) is 6.49. The van der Waals surface area contributed by atoms with Crippen LogP contribution in [0, 0.1) is 17.5 Å². The Morgan fingerprint density at radius 1 is 0.762 bits per heavy atom. The van der Waals surface area contributed by atoms with E-state index >= 15 is 0 Å². The predicted molar refractivity (Wildman–Crippen MR) is 77.6 cm³/mol. The summed E-state index contributed by atoms with van der Waals surface area (Å²) >= 11 is 0. The van der Waals surface area contributed by atoms with E-state index < -0.39 is 17.5 Å². The smallest absolute Gasteiger partial charge is 0.194 e. The van der Waals surface area contributed by atoms with E-state index in [2.05, 4.69) is 5.32 Å². The number of rotatable bonds is 3. The Labute approximate surface area is 120 Å². The number of nitrogens with one attached hydrogen (secondary N) is 1. The van der Waals surface area contributed by atoms with Gasteiger partial charge in [0.15, 0.2) is 17.5 Å². The Morgan fingerprint density at radius 3 is 2.14 bits per heavy atom. The van der Waals surface area contributed by atoms with E-state index in [1.165, 1.54) is 0 Å². The zero-order chi connectivity index (χ0) is 14.8. The van der Waals surface area contributed by atoms with Crippen LogP contribution in [0.2, 0.25) is 0 Å². The minimum atomic E-state index is -1.44. The van der Waals surface area contributed by atoms with E-state index in [1.807, 2.05) is 42.5 Å². The van der Waals surface area contributed by atoms with Gasteiger partial charge >= 0.3 is 0 Å². The summed E-state index contributed by atoms with van der Waals surface area (Å²) in [5, 5.41) is 5.25. The summed E-state index contributed by atoms with van der Waals surface area (Å²) in [6, 6.07) is 15.7. The quantitative estimate of drug-likeness (QED) is 0.678. The van der Waals surface area contributed by atoms with Crippen molar-refractivity contribution in [2.24, 2.45) is 0 Å². The molecule has 0 heterocycles. The Morgan fingerprint density at radius 2 is 1.43 bits per heavy atom. The summed E-state index contributed by atoms with van der Waals surface area (Å²) in [4.78, 5) is 0. The third-order valence-corrected chi connectivity index (χ3v) is 3.29. The summed E-state index contributed by atoms with van der Waals surface area (Å²) in [6.07, 6.45) is 0. The SMILES string of the molecule is Fc1cc(CNc2ccc3ccccc3c2)cc(F)c1F. The number of hydrogen-bond acceptors (Lipinski definition) is 1. The van der Waals surface area contributed by atoms with Crippen molar-refractivity contribution in [3.63, 3.8) is 0 Å². The fraction of sp³-hybridized carbons (Fsp3) is 0.0588. The molecule has 0 aliphatic rings. The topological polar surface area (TPSA) is 12.0 Å². The van der Waals surface area contributed by atoms with E-state index in [4.69, 9.17) is 0 Å². The summed E-state index contributed by atoms with van der Waals surface area (Å²) in [6.45, 7) is 0.215. The van der Waals surface area contributed by atoms with Crippen molar-refractivity contribution >= 4 is 16.5 Å². The predicted octanol–water partition coefficient (Wildman–Crippen LogP) is 4.87. The van der Waals surface area contributed by atoms with Crippen LogP contribution in [0.3, 0.4) is 0 Å². The molecule has 0 unspecified atom stereocenters. The molecule has 0 saturated carbocycles. The van der Waals surface area contributed by atoms with Crippen molar-refractivity contribution in [3.05, 3.63) is 77.6 Å². The molecule has 0 aliphatic carbocycles. The molecule has 3 aromatic carbocycles. The zero-order valence-electron chi connectivity index (χ0n) is 11.0. The monoisotopic (exact) mass is 287 g/mol. The van der Waals surface area contributed by atoms with E-state index in [9.17, 15) is 13.2 Å². The van der Waals surface area contributed by atoms with Gasteiger partial charge in [-0.1, -0.05) is 30.3 Å². The summed E-state index contributed by atoms with van der Waals surface area (Å²) < 4.78 is 39.1. The maximum Gasteiger partial charge on any atom is 0.194 e. The number of fused-ring (bicyclic) bond motifs is 1. The average Bonchev–Trinajstić information content (AvgIpc) is 2.50. The molecule has 21 heavy (non-hydrogen) atoms. The average molecular weight is 287 g/mol. The van der Waals surface area contributed by atoms with E-state index in [-0.39, 0.29) is 6.54 Å². The highest BCUT2D eigenvalue weighted by molar-refractivity contribution is 5.85. The Hall–Kier alpha value is -2.49. The Bertz CT molecular complexity index is 776. The summed E-state index contributed by atoms with van der Waals surface area (Å²) in [7, 11) is 0. The van der Waals surface area contributed by atoms with Gasteiger partial charge in [0.05, 0.1) is 0 Å². The lowest BCUT2D eigenvalue weighted by Crippen LogP contribution is -2.02. The lowest BCUT2D eigenvalue weighted by atomic mass is 10.1. The lowest BCUT2D eigenvalue weighted by Gasteiger charge is -2.08. The van der Waals surface area contributed by atoms with E-state index in [0.717, 1.165) is 28.6 Å². The van der Waals surface area contributed by atoms with Gasteiger partial charge in [-0.3, -0.25) is 0 Å². The van der Waals surface area contributed by atoms with Crippen LogP contribution in [0.1, 0.15) is 5.56 Å². The van der Waals surface area contributed by atoms with Crippen molar-refractivity contribution in [1.29, 1.82) is 0 Å². The number of benzene rings is 3. The van der Waals surface area contributed by atoms with Crippen molar-refractivity contribution in [2.45, 2.75) is 6.54 Å². The minimum Gasteiger partial charge on any atom is -0.381 e. The molecular formula is C17H12F3N. The van der Waals surface area contributed by atoms with Crippen LogP contribution < -0.4 is 5.32 Å². The van der Waals surface area contributed by atoms with Gasteiger partial charge in [-0.05, 0) is 40.6 Å². The fourth-order valence-corrected chi connectivity index (χ4v) is 2.21. The maximum atomic E-state index is 13.1. The molecule has 0 aromatic heterocycles. The molecule has 3 rings (SSSR count). The third-order valence-electron chi connectivity index (χ3n) is 3.29. The van der Waals surface area contributed by atoms with Gasteiger partial charge in [-0.25, -0.2) is 13.2 Å². The first-order chi connectivity index (χ1) is 10.1. The molecule has 4 heteroatoms. The largest absolute Gasteiger partial charge is 0.381 e. The molecule has 0 bridgehead atoms. The molecule has 0 aliphatic heterocycles. The zero-order valence-corrected chi connectivity index (χ0v) is 11.0. The van der Waals surface area contributed by atoms with Crippen LogP contribution in [0.25, 0.3) is 10.8 Å². The second kappa shape index (κ2) is 5.48. The molecule has 0 fully saturated rings. The van der Waals surface area contributed by atoms with Gasteiger partial charge in [0.2, 0.25) is 0 Å². The van der Waals surface area contributed by atoms with Gasteiger partial charge in [-0.2, -0.15) is 0 Å². The molecule has 0 radical (unpaired) electrons. The highest BCUT2D eigenvalue weighted by atomic mass is 19.2. The molecular weight excluding hydrogens is 275 g/mol. The molecule has 0 spiro atoms. The number of anilines is 1. The Balaban J connectivity index is 1.80. The van der Waals surface area contributed by atoms with Crippen molar-refractivity contribution in [3.8, 4) is 0 Å². The molecule has 0 atom stereocenters. The highest BCUT2D eigenvalue weighted by Gasteiger charge is 2.10. The van der Waals surface area contributed by atoms with Crippen molar-refractivity contribution in [2.75, 3.05) is 5.32 Å². The minimum absolute atomic E-state index is 0.215.